The summed E-state index contributed by atoms with van der Waals surface area (Å²) in [6.45, 7) is 4.46. The lowest BCUT2D eigenvalue weighted by Gasteiger charge is -2.26. The third kappa shape index (κ3) is 3.51. The lowest BCUT2D eigenvalue weighted by Crippen LogP contribution is -2.20. The zero-order chi connectivity index (χ0) is 9.68. The van der Waals surface area contributed by atoms with E-state index in [9.17, 15) is 0 Å². The highest BCUT2D eigenvalue weighted by molar-refractivity contribution is 5.01. The van der Waals surface area contributed by atoms with Gasteiger partial charge >= 0.3 is 0 Å². The van der Waals surface area contributed by atoms with Crippen LogP contribution in [0.2, 0.25) is 0 Å². The molecule has 1 fully saturated rings. The second-order valence-electron chi connectivity index (χ2n) is 4.15. The molecule has 1 aliphatic carbocycles. The molecule has 1 saturated carbocycles. The van der Waals surface area contributed by atoms with Gasteiger partial charge in [0.2, 0.25) is 0 Å². The minimum atomic E-state index is 0.514. The molecule has 1 aliphatic rings. The molecule has 0 aromatic rings. The molecule has 0 aromatic heterocycles. The van der Waals surface area contributed by atoms with Crippen LogP contribution in [0.4, 0.5) is 0 Å². The highest BCUT2D eigenvalue weighted by Crippen LogP contribution is 2.27. The van der Waals surface area contributed by atoms with Crippen molar-refractivity contribution in [2.75, 3.05) is 7.11 Å². The maximum Gasteiger partial charge on any atom is 0.0577 e. The van der Waals surface area contributed by atoms with Gasteiger partial charge in [0.15, 0.2) is 0 Å². The molecule has 0 radical (unpaired) electrons. The van der Waals surface area contributed by atoms with E-state index < -0.39 is 0 Å². The highest BCUT2D eigenvalue weighted by Gasteiger charge is 2.19. The predicted octanol–water partition coefficient (Wildman–Crippen LogP) is 3.55. The minimum absolute atomic E-state index is 0.514. The molecular weight excluding hydrogens is 160 g/mol. The van der Waals surface area contributed by atoms with E-state index in [2.05, 4.69) is 19.9 Å². The maximum absolute atomic E-state index is 5.41. The first-order valence-electron chi connectivity index (χ1n) is 5.46. The number of rotatable bonds is 3. The largest absolute Gasteiger partial charge is 0.381 e. The van der Waals surface area contributed by atoms with E-state index in [4.69, 9.17) is 4.74 Å². The topological polar surface area (TPSA) is 9.23 Å². The molecule has 0 saturated heterocycles. The predicted molar refractivity (Wildman–Crippen MR) is 56.8 cm³/mol. The first-order valence-corrected chi connectivity index (χ1v) is 5.46. The van der Waals surface area contributed by atoms with Gasteiger partial charge in [-0.2, -0.15) is 0 Å². The van der Waals surface area contributed by atoms with Crippen LogP contribution in [-0.4, -0.2) is 13.2 Å². The van der Waals surface area contributed by atoms with E-state index in [-0.39, 0.29) is 0 Å². The number of ether oxygens (including phenoxy) is 1. The van der Waals surface area contributed by atoms with Gasteiger partial charge in [-0.05, 0) is 38.5 Å². The second-order valence-corrected chi connectivity index (χ2v) is 4.15. The van der Waals surface area contributed by atoms with Crippen LogP contribution in [0.25, 0.3) is 0 Å². The van der Waals surface area contributed by atoms with Crippen LogP contribution >= 0.6 is 0 Å². The van der Waals surface area contributed by atoms with Crippen molar-refractivity contribution in [2.45, 2.75) is 52.1 Å². The van der Waals surface area contributed by atoms with Crippen LogP contribution in [-0.2, 0) is 4.74 Å². The van der Waals surface area contributed by atoms with Crippen LogP contribution in [0.1, 0.15) is 46.0 Å². The lowest BCUT2D eigenvalue weighted by atomic mass is 9.86. The van der Waals surface area contributed by atoms with Gasteiger partial charge in [0.05, 0.1) is 6.10 Å². The molecule has 2 unspecified atom stereocenters. The van der Waals surface area contributed by atoms with E-state index in [0.717, 1.165) is 5.92 Å². The molecule has 0 heterocycles. The Hall–Kier alpha value is -0.300. The Morgan fingerprint density at radius 2 is 2.23 bits per heavy atom. The Labute approximate surface area is 82.2 Å². The summed E-state index contributed by atoms with van der Waals surface area (Å²) in [5, 5.41) is 0. The zero-order valence-electron chi connectivity index (χ0n) is 9.18. The summed E-state index contributed by atoms with van der Waals surface area (Å²) in [6.07, 6.45) is 9.33. The van der Waals surface area contributed by atoms with Crippen LogP contribution in [0.15, 0.2) is 11.6 Å². The third-order valence-electron chi connectivity index (χ3n) is 3.08. The summed E-state index contributed by atoms with van der Waals surface area (Å²) >= 11 is 0. The summed E-state index contributed by atoms with van der Waals surface area (Å²) in [4.78, 5) is 0. The summed E-state index contributed by atoms with van der Waals surface area (Å²) in [7, 11) is 1.84. The Kier molecular flexibility index (Phi) is 4.51. The molecule has 0 N–H and O–H groups in total. The minimum Gasteiger partial charge on any atom is -0.381 e. The SMILES string of the molecule is CC/C(C)=C/C1CCCC(OC)C1. The van der Waals surface area contributed by atoms with E-state index in [1.807, 2.05) is 7.11 Å². The van der Waals surface area contributed by atoms with Gasteiger partial charge in [0, 0.05) is 7.11 Å². The van der Waals surface area contributed by atoms with Crippen LogP contribution < -0.4 is 0 Å². The molecule has 0 bridgehead atoms. The molecular formula is C12H22O. The molecule has 76 valence electrons. The van der Waals surface area contributed by atoms with Crippen LogP contribution in [0.5, 0.6) is 0 Å². The van der Waals surface area contributed by atoms with Crippen molar-refractivity contribution in [3.05, 3.63) is 11.6 Å². The van der Waals surface area contributed by atoms with Gasteiger partial charge in [0.1, 0.15) is 0 Å². The van der Waals surface area contributed by atoms with Crippen molar-refractivity contribution >= 4 is 0 Å². The molecule has 1 rings (SSSR count). The van der Waals surface area contributed by atoms with Crippen molar-refractivity contribution < 1.29 is 4.74 Å². The normalized spacial score (nSPS) is 30.5. The second kappa shape index (κ2) is 5.43. The Morgan fingerprint density at radius 3 is 2.85 bits per heavy atom. The van der Waals surface area contributed by atoms with Gasteiger partial charge in [0.25, 0.3) is 0 Å². The first-order chi connectivity index (χ1) is 6.26. The fourth-order valence-corrected chi connectivity index (χ4v) is 2.07. The molecule has 0 aromatic carbocycles. The van der Waals surface area contributed by atoms with E-state index in [1.165, 1.54) is 37.7 Å². The van der Waals surface area contributed by atoms with E-state index in [0.29, 0.717) is 6.10 Å². The van der Waals surface area contributed by atoms with Crippen molar-refractivity contribution in [3.8, 4) is 0 Å². The highest BCUT2D eigenvalue weighted by atomic mass is 16.5. The zero-order valence-corrected chi connectivity index (χ0v) is 9.18. The quantitative estimate of drug-likeness (QED) is 0.606. The summed E-state index contributed by atoms with van der Waals surface area (Å²) in [5.74, 6) is 0.777. The summed E-state index contributed by atoms with van der Waals surface area (Å²) in [5.41, 5.74) is 1.53. The van der Waals surface area contributed by atoms with Crippen molar-refractivity contribution in [1.29, 1.82) is 0 Å². The molecule has 0 amide bonds. The van der Waals surface area contributed by atoms with Crippen LogP contribution in [0, 0.1) is 5.92 Å². The first kappa shape index (κ1) is 10.8. The molecule has 0 spiro atoms. The van der Waals surface area contributed by atoms with Gasteiger partial charge < -0.3 is 4.74 Å². The molecule has 0 aliphatic heterocycles. The van der Waals surface area contributed by atoms with E-state index in [1.54, 1.807) is 0 Å². The van der Waals surface area contributed by atoms with Crippen molar-refractivity contribution in [3.63, 3.8) is 0 Å². The average molecular weight is 182 g/mol. The number of hydrogen-bond donors (Lipinski definition) is 0. The molecule has 2 atom stereocenters. The lowest BCUT2D eigenvalue weighted by molar-refractivity contribution is 0.0588. The summed E-state index contributed by atoms with van der Waals surface area (Å²) in [6, 6.07) is 0. The fourth-order valence-electron chi connectivity index (χ4n) is 2.07. The molecule has 1 nitrogen and oxygen atoms in total. The number of hydrogen-bond acceptors (Lipinski definition) is 1. The molecule has 13 heavy (non-hydrogen) atoms. The Balaban J connectivity index is 2.42. The number of methoxy groups -OCH3 is 1. The average Bonchev–Trinajstić information content (AvgIpc) is 2.18. The van der Waals surface area contributed by atoms with Gasteiger partial charge in [-0.3, -0.25) is 0 Å². The van der Waals surface area contributed by atoms with Gasteiger partial charge in [-0.1, -0.05) is 25.0 Å². The smallest absolute Gasteiger partial charge is 0.0577 e. The van der Waals surface area contributed by atoms with Crippen molar-refractivity contribution in [1.82, 2.24) is 0 Å². The Bertz CT molecular complexity index is 172. The van der Waals surface area contributed by atoms with Crippen LogP contribution in [0.3, 0.4) is 0 Å². The summed E-state index contributed by atoms with van der Waals surface area (Å²) < 4.78 is 5.41. The monoisotopic (exact) mass is 182 g/mol. The van der Waals surface area contributed by atoms with Gasteiger partial charge in [-0.15, -0.1) is 0 Å². The van der Waals surface area contributed by atoms with E-state index >= 15 is 0 Å². The number of allylic oxidation sites excluding steroid dienone is 2. The maximum atomic E-state index is 5.41. The fraction of sp³-hybridized carbons (Fsp3) is 0.833. The molecule has 1 heteroatoms. The van der Waals surface area contributed by atoms with Crippen molar-refractivity contribution in [2.24, 2.45) is 5.92 Å². The standard InChI is InChI=1S/C12H22O/c1-4-10(2)8-11-6-5-7-12(9-11)13-3/h8,11-12H,4-7,9H2,1-3H3/b10-8+. The van der Waals surface area contributed by atoms with Gasteiger partial charge in [-0.25, -0.2) is 0 Å². The third-order valence-corrected chi connectivity index (χ3v) is 3.08. The Morgan fingerprint density at radius 1 is 1.46 bits per heavy atom.